The molecule has 24 heavy (non-hydrogen) atoms. The number of fused-ring (bicyclic) bond motifs is 1. The first-order valence-electron chi connectivity index (χ1n) is 7.82. The van der Waals surface area contributed by atoms with Gasteiger partial charge in [0.2, 0.25) is 0 Å². The summed E-state index contributed by atoms with van der Waals surface area (Å²) in [6, 6.07) is 25.3. The third-order valence-corrected chi connectivity index (χ3v) is 7.37. The van der Waals surface area contributed by atoms with Crippen LogP contribution in [-0.4, -0.2) is 9.55 Å². The fourth-order valence-electron chi connectivity index (χ4n) is 3.04. The van der Waals surface area contributed by atoms with Crippen LogP contribution in [0.1, 0.15) is 0 Å². The molecule has 1 heterocycles. The fraction of sp³-hybridized carbons (Fsp3) is 0.0500. The average Bonchev–Trinajstić information content (AvgIpc) is 3.03. The Balaban J connectivity index is 2.00. The molecule has 0 unspecified atom stereocenters. The quantitative estimate of drug-likeness (QED) is 0.540. The van der Waals surface area contributed by atoms with Crippen molar-refractivity contribution in [3.8, 4) is 0 Å². The van der Waals surface area contributed by atoms with Crippen molar-refractivity contribution in [2.24, 2.45) is 7.05 Å². The van der Waals surface area contributed by atoms with Crippen LogP contribution in [-0.2, 0) is 11.6 Å². The van der Waals surface area contributed by atoms with E-state index in [0.717, 1.165) is 26.9 Å². The summed E-state index contributed by atoms with van der Waals surface area (Å²) in [5, 5.41) is 2.49. The molecule has 0 saturated carbocycles. The zero-order chi connectivity index (χ0) is 16.6. The molecule has 0 aliphatic rings. The van der Waals surface area contributed by atoms with Gasteiger partial charge in [0.05, 0.1) is 17.4 Å². The Morgan fingerprint density at radius 1 is 0.792 bits per heavy atom. The standard InChI is InChI=1S/C20H17N2OP/c1-22-15-21-19-14-18(12-13-20(19)22)24(23,16-8-4-2-5-9-16)17-10-6-3-7-11-17/h2-15H,1H3. The molecule has 3 nitrogen and oxygen atoms in total. The van der Waals surface area contributed by atoms with Gasteiger partial charge in [0.1, 0.15) is 0 Å². The highest BCUT2D eigenvalue weighted by Crippen LogP contribution is 2.42. The predicted octanol–water partition coefficient (Wildman–Crippen LogP) is 3.21. The third-order valence-electron chi connectivity index (χ3n) is 4.31. The van der Waals surface area contributed by atoms with Crippen LogP contribution in [0.15, 0.2) is 85.2 Å². The number of hydrogen-bond acceptors (Lipinski definition) is 2. The van der Waals surface area contributed by atoms with Crippen LogP contribution in [0.2, 0.25) is 0 Å². The van der Waals surface area contributed by atoms with Crippen LogP contribution in [0.4, 0.5) is 0 Å². The van der Waals surface area contributed by atoms with E-state index in [4.69, 9.17) is 0 Å². The smallest absolute Gasteiger partial charge is 0.171 e. The molecule has 0 amide bonds. The molecular formula is C20H17N2OP. The summed E-state index contributed by atoms with van der Waals surface area (Å²) in [5.74, 6) is 0. The van der Waals surface area contributed by atoms with Crippen LogP contribution in [0, 0.1) is 0 Å². The summed E-state index contributed by atoms with van der Waals surface area (Å²) in [6.07, 6.45) is 1.78. The Kier molecular flexibility index (Phi) is 3.59. The van der Waals surface area contributed by atoms with Gasteiger partial charge in [0.25, 0.3) is 0 Å². The molecule has 0 atom stereocenters. The lowest BCUT2D eigenvalue weighted by Crippen LogP contribution is -2.24. The van der Waals surface area contributed by atoms with Gasteiger partial charge in [-0.15, -0.1) is 0 Å². The van der Waals surface area contributed by atoms with E-state index in [1.807, 2.05) is 90.5 Å². The second-order valence-corrected chi connectivity index (χ2v) is 8.58. The molecule has 0 fully saturated rings. The van der Waals surface area contributed by atoms with E-state index >= 15 is 0 Å². The van der Waals surface area contributed by atoms with Crippen molar-refractivity contribution in [1.29, 1.82) is 0 Å². The monoisotopic (exact) mass is 332 g/mol. The highest BCUT2D eigenvalue weighted by Gasteiger charge is 2.29. The Morgan fingerprint density at radius 3 is 1.96 bits per heavy atom. The van der Waals surface area contributed by atoms with Crippen molar-refractivity contribution < 1.29 is 4.57 Å². The molecule has 1 aromatic heterocycles. The molecule has 0 spiro atoms. The molecule has 0 saturated heterocycles. The maximum atomic E-state index is 14.2. The normalized spacial score (nSPS) is 11.7. The number of nitrogens with zero attached hydrogens (tertiary/aromatic N) is 2. The highest BCUT2D eigenvalue weighted by atomic mass is 31.2. The zero-order valence-corrected chi connectivity index (χ0v) is 14.2. The van der Waals surface area contributed by atoms with Gasteiger partial charge in [0.15, 0.2) is 7.14 Å². The van der Waals surface area contributed by atoms with Crippen molar-refractivity contribution >= 4 is 34.1 Å². The molecule has 0 N–H and O–H groups in total. The van der Waals surface area contributed by atoms with Crippen molar-refractivity contribution in [3.63, 3.8) is 0 Å². The molecule has 3 aromatic carbocycles. The highest BCUT2D eigenvalue weighted by molar-refractivity contribution is 7.85. The zero-order valence-electron chi connectivity index (χ0n) is 13.3. The maximum absolute atomic E-state index is 14.2. The lowest BCUT2D eigenvalue weighted by Gasteiger charge is -2.20. The van der Waals surface area contributed by atoms with Gasteiger partial charge >= 0.3 is 0 Å². The van der Waals surface area contributed by atoms with E-state index in [9.17, 15) is 4.57 Å². The molecular weight excluding hydrogens is 315 g/mol. The molecule has 118 valence electrons. The van der Waals surface area contributed by atoms with Crippen LogP contribution >= 0.6 is 7.14 Å². The number of imidazole rings is 1. The van der Waals surface area contributed by atoms with E-state index in [1.54, 1.807) is 6.33 Å². The Hall–Kier alpha value is -2.64. The van der Waals surface area contributed by atoms with E-state index in [2.05, 4.69) is 4.98 Å². The largest absolute Gasteiger partial charge is 0.334 e. The van der Waals surface area contributed by atoms with E-state index < -0.39 is 7.14 Å². The second kappa shape index (κ2) is 5.77. The summed E-state index contributed by atoms with van der Waals surface area (Å²) in [6.45, 7) is 0. The second-order valence-electron chi connectivity index (χ2n) is 5.81. The molecule has 4 rings (SSSR count). The summed E-state index contributed by atoms with van der Waals surface area (Å²) in [4.78, 5) is 4.42. The number of aryl methyl sites for hydroxylation is 1. The Labute approximate surface area is 141 Å². The van der Waals surface area contributed by atoms with Crippen molar-refractivity contribution in [2.75, 3.05) is 0 Å². The molecule has 4 heteroatoms. The van der Waals surface area contributed by atoms with Crippen LogP contribution in [0.5, 0.6) is 0 Å². The molecule has 0 aliphatic carbocycles. The van der Waals surface area contributed by atoms with Crippen LogP contribution in [0.3, 0.4) is 0 Å². The summed E-state index contributed by atoms with van der Waals surface area (Å²) in [7, 11) is -0.959. The SMILES string of the molecule is Cn1cnc2cc(P(=O)(c3ccccc3)c3ccccc3)ccc21. The number of benzene rings is 3. The van der Waals surface area contributed by atoms with Gasteiger partial charge < -0.3 is 9.13 Å². The van der Waals surface area contributed by atoms with Crippen LogP contribution in [0.25, 0.3) is 11.0 Å². The van der Waals surface area contributed by atoms with Crippen molar-refractivity contribution in [3.05, 3.63) is 85.2 Å². The number of hydrogen-bond donors (Lipinski definition) is 0. The minimum Gasteiger partial charge on any atom is -0.334 e. The van der Waals surface area contributed by atoms with Gasteiger partial charge in [0, 0.05) is 23.0 Å². The van der Waals surface area contributed by atoms with Gasteiger partial charge in [-0.05, 0) is 18.2 Å². The lowest BCUT2D eigenvalue weighted by molar-refractivity contribution is 0.592. The summed E-state index contributed by atoms with van der Waals surface area (Å²) in [5.41, 5.74) is 1.90. The van der Waals surface area contributed by atoms with Crippen molar-refractivity contribution in [2.45, 2.75) is 0 Å². The first-order chi connectivity index (χ1) is 11.7. The van der Waals surface area contributed by atoms with Gasteiger partial charge in [-0.3, -0.25) is 0 Å². The Bertz CT molecular complexity index is 996. The molecule has 0 aliphatic heterocycles. The first-order valence-corrected chi connectivity index (χ1v) is 9.53. The fourth-order valence-corrected chi connectivity index (χ4v) is 5.71. The van der Waals surface area contributed by atoms with Gasteiger partial charge in [-0.25, -0.2) is 4.98 Å². The number of aromatic nitrogens is 2. The van der Waals surface area contributed by atoms with E-state index in [1.165, 1.54) is 0 Å². The summed E-state index contributed by atoms with van der Waals surface area (Å²) < 4.78 is 16.2. The van der Waals surface area contributed by atoms with Gasteiger partial charge in [-0.1, -0.05) is 60.7 Å². The third kappa shape index (κ3) is 2.29. The topological polar surface area (TPSA) is 34.9 Å². The van der Waals surface area contributed by atoms with E-state index in [0.29, 0.717) is 0 Å². The van der Waals surface area contributed by atoms with Crippen LogP contribution < -0.4 is 15.9 Å². The van der Waals surface area contributed by atoms with Gasteiger partial charge in [-0.2, -0.15) is 0 Å². The lowest BCUT2D eigenvalue weighted by atomic mass is 10.3. The van der Waals surface area contributed by atoms with E-state index in [-0.39, 0.29) is 0 Å². The first kappa shape index (κ1) is 14.9. The molecule has 0 bridgehead atoms. The number of rotatable bonds is 3. The predicted molar refractivity (Wildman–Crippen MR) is 100 cm³/mol. The molecule has 0 radical (unpaired) electrons. The minimum absolute atomic E-state index is 0.811. The minimum atomic E-state index is -2.92. The summed E-state index contributed by atoms with van der Waals surface area (Å²) >= 11 is 0. The van der Waals surface area contributed by atoms with Crippen molar-refractivity contribution in [1.82, 2.24) is 9.55 Å². The average molecular weight is 332 g/mol. The Morgan fingerprint density at radius 2 is 1.38 bits per heavy atom. The molecule has 4 aromatic rings. The maximum Gasteiger partial charge on any atom is 0.171 e.